The molecule has 1 heterocycles. The second-order valence-electron chi connectivity index (χ2n) is 7.50. The van der Waals surface area contributed by atoms with E-state index >= 15 is 0 Å². The van der Waals surface area contributed by atoms with Crippen LogP contribution in [-0.4, -0.2) is 28.1 Å². The molecular weight excluding hydrogens is 406 g/mol. The third-order valence-corrected chi connectivity index (χ3v) is 4.75. The highest BCUT2D eigenvalue weighted by Crippen LogP contribution is 2.25. The minimum atomic E-state index is -0.106. The van der Waals surface area contributed by atoms with Crippen molar-refractivity contribution in [1.82, 2.24) is 15.1 Å². The fraction of sp³-hybridized carbons (Fsp3) is 0.286. The smallest absolute Gasteiger partial charge is 0.254 e. The van der Waals surface area contributed by atoms with E-state index in [4.69, 9.17) is 4.42 Å². The zero-order valence-corrected chi connectivity index (χ0v) is 17.4. The van der Waals surface area contributed by atoms with Crippen LogP contribution in [0.4, 0.5) is 0 Å². The highest BCUT2D eigenvalue weighted by atomic mass is 79.9. The normalized spacial score (nSPS) is 11.4. The Morgan fingerprint density at radius 3 is 2.44 bits per heavy atom. The van der Waals surface area contributed by atoms with Gasteiger partial charge in [-0.1, -0.05) is 54.9 Å². The molecule has 2 aromatic carbocycles. The van der Waals surface area contributed by atoms with Crippen molar-refractivity contribution in [3.05, 3.63) is 70.0 Å². The minimum Gasteiger partial charge on any atom is -0.419 e. The van der Waals surface area contributed by atoms with Crippen molar-refractivity contribution in [2.24, 2.45) is 0 Å². The molecule has 0 bridgehead atoms. The fourth-order valence-corrected chi connectivity index (χ4v) is 3.06. The summed E-state index contributed by atoms with van der Waals surface area (Å²) in [6.07, 6.45) is 0. The van der Waals surface area contributed by atoms with Gasteiger partial charge in [0.2, 0.25) is 11.8 Å². The van der Waals surface area contributed by atoms with Crippen LogP contribution >= 0.6 is 15.9 Å². The van der Waals surface area contributed by atoms with Gasteiger partial charge in [-0.25, -0.2) is 0 Å². The zero-order valence-electron chi connectivity index (χ0n) is 15.9. The van der Waals surface area contributed by atoms with Gasteiger partial charge in [0.15, 0.2) is 0 Å². The first-order chi connectivity index (χ1) is 12.7. The van der Waals surface area contributed by atoms with Crippen LogP contribution in [0.25, 0.3) is 11.5 Å². The lowest BCUT2D eigenvalue weighted by atomic mass is 9.87. The Kier molecular flexibility index (Phi) is 5.46. The molecule has 6 heteroatoms. The number of rotatable bonds is 4. The van der Waals surface area contributed by atoms with E-state index in [1.807, 2.05) is 24.3 Å². The van der Waals surface area contributed by atoms with E-state index in [1.165, 1.54) is 5.56 Å². The molecule has 0 aliphatic carbocycles. The molecule has 27 heavy (non-hydrogen) atoms. The van der Waals surface area contributed by atoms with Gasteiger partial charge in [0, 0.05) is 22.6 Å². The van der Waals surface area contributed by atoms with E-state index in [1.54, 1.807) is 24.1 Å². The summed E-state index contributed by atoms with van der Waals surface area (Å²) in [4.78, 5) is 14.1. The van der Waals surface area contributed by atoms with Gasteiger partial charge >= 0.3 is 0 Å². The maximum atomic E-state index is 12.5. The van der Waals surface area contributed by atoms with Crippen molar-refractivity contribution in [3.63, 3.8) is 0 Å². The van der Waals surface area contributed by atoms with E-state index in [9.17, 15) is 4.79 Å². The first kappa shape index (κ1) is 19.3. The zero-order chi connectivity index (χ0) is 19.6. The van der Waals surface area contributed by atoms with Gasteiger partial charge in [-0.05, 0) is 41.3 Å². The minimum absolute atomic E-state index is 0.0913. The molecule has 0 radical (unpaired) electrons. The molecule has 0 atom stereocenters. The van der Waals surface area contributed by atoms with E-state index in [0.717, 1.165) is 10.0 Å². The van der Waals surface area contributed by atoms with Crippen LogP contribution in [0.5, 0.6) is 0 Å². The Bertz CT molecular complexity index is 943. The average molecular weight is 428 g/mol. The molecule has 0 N–H and O–H groups in total. The van der Waals surface area contributed by atoms with Gasteiger partial charge in [0.1, 0.15) is 0 Å². The molecule has 0 fully saturated rings. The largest absolute Gasteiger partial charge is 0.419 e. The topological polar surface area (TPSA) is 59.2 Å². The third-order valence-electron chi connectivity index (χ3n) is 4.26. The van der Waals surface area contributed by atoms with Gasteiger partial charge in [-0.15, -0.1) is 10.2 Å². The van der Waals surface area contributed by atoms with Crippen LogP contribution in [0.3, 0.4) is 0 Å². The molecule has 1 amide bonds. The second-order valence-corrected chi connectivity index (χ2v) is 8.42. The summed E-state index contributed by atoms with van der Waals surface area (Å²) in [6.45, 7) is 6.76. The lowest BCUT2D eigenvalue weighted by molar-refractivity contribution is 0.0773. The molecule has 3 rings (SSSR count). The number of halogens is 1. The van der Waals surface area contributed by atoms with Crippen LogP contribution in [0.15, 0.2) is 57.4 Å². The lowest BCUT2D eigenvalue weighted by Crippen LogP contribution is -2.26. The van der Waals surface area contributed by atoms with Crippen LogP contribution in [0, 0.1) is 0 Å². The van der Waals surface area contributed by atoms with Crippen LogP contribution in [-0.2, 0) is 12.0 Å². The molecule has 1 aromatic heterocycles. The number of aromatic nitrogens is 2. The summed E-state index contributed by atoms with van der Waals surface area (Å²) in [5.74, 6) is 0.745. The number of carbonyl (C=O) groups is 1. The summed E-state index contributed by atoms with van der Waals surface area (Å²) in [5.41, 5.74) is 2.80. The molecule has 0 aliphatic rings. The predicted octanol–water partition coefficient (Wildman–Crippen LogP) is 5.07. The first-order valence-electron chi connectivity index (χ1n) is 8.68. The lowest BCUT2D eigenvalue weighted by Gasteiger charge is -2.18. The van der Waals surface area contributed by atoms with Gasteiger partial charge in [0.05, 0.1) is 6.54 Å². The maximum Gasteiger partial charge on any atom is 0.254 e. The van der Waals surface area contributed by atoms with Crippen molar-refractivity contribution in [2.75, 3.05) is 7.05 Å². The summed E-state index contributed by atoms with van der Waals surface area (Å²) in [5, 5.41) is 8.19. The van der Waals surface area contributed by atoms with E-state index < -0.39 is 0 Å². The summed E-state index contributed by atoms with van der Waals surface area (Å²) < 4.78 is 6.61. The molecule has 0 spiro atoms. The number of benzene rings is 2. The van der Waals surface area contributed by atoms with E-state index in [2.05, 4.69) is 59.0 Å². The van der Waals surface area contributed by atoms with Crippen molar-refractivity contribution < 1.29 is 9.21 Å². The Balaban J connectivity index is 1.71. The van der Waals surface area contributed by atoms with Crippen LogP contribution < -0.4 is 0 Å². The first-order valence-corrected chi connectivity index (χ1v) is 9.47. The summed E-state index contributed by atoms with van der Waals surface area (Å²) >= 11 is 3.38. The summed E-state index contributed by atoms with van der Waals surface area (Å²) in [6, 6.07) is 15.4. The van der Waals surface area contributed by atoms with Gasteiger partial charge < -0.3 is 9.32 Å². The standard InChI is InChI=1S/C21H22BrN3O2/c1-21(2,3)16-10-8-14(9-11-16)19-24-23-18(27-19)13-25(4)20(26)15-6-5-7-17(22)12-15/h5-12H,13H2,1-4H3. The van der Waals surface area contributed by atoms with Crippen molar-refractivity contribution in [3.8, 4) is 11.5 Å². The fourth-order valence-electron chi connectivity index (χ4n) is 2.66. The van der Waals surface area contributed by atoms with Crippen molar-refractivity contribution >= 4 is 21.8 Å². The van der Waals surface area contributed by atoms with Crippen molar-refractivity contribution in [2.45, 2.75) is 32.7 Å². The average Bonchev–Trinajstić information content (AvgIpc) is 3.09. The SMILES string of the molecule is CN(Cc1nnc(-c2ccc(C(C)(C)C)cc2)o1)C(=O)c1cccc(Br)c1. The van der Waals surface area contributed by atoms with Crippen molar-refractivity contribution in [1.29, 1.82) is 0 Å². The maximum absolute atomic E-state index is 12.5. The number of nitrogens with zero attached hydrogens (tertiary/aromatic N) is 3. The molecule has 140 valence electrons. The second kappa shape index (κ2) is 7.64. The van der Waals surface area contributed by atoms with Crippen LogP contribution in [0.1, 0.15) is 42.6 Å². The van der Waals surface area contributed by atoms with Gasteiger partial charge in [-0.2, -0.15) is 0 Å². The molecule has 0 saturated heterocycles. The molecule has 0 aliphatic heterocycles. The Hall–Kier alpha value is -2.47. The molecule has 3 aromatic rings. The number of amides is 1. The third kappa shape index (κ3) is 4.63. The molecular formula is C21H22BrN3O2. The van der Waals surface area contributed by atoms with Crippen LogP contribution in [0.2, 0.25) is 0 Å². The Labute approximate surface area is 167 Å². The predicted molar refractivity (Wildman–Crippen MR) is 108 cm³/mol. The quantitative estimate of drug-likeness (QED) is 0.582. The van der Waals surface area contributed by atoms with E-state index in [-0.39, 0.29) is 17.9 Å². The molecule has 5 nitrogen and oxygen atoms in total. The number of hydrogen-bond donors (Lipinski definition) is 0. The Morgan fingerprint density at radius 1 is 1.11 bits per heavy atom. The molecule has 0 unspecified atom stereocenters. The number of hydrogen-bond acceptors (Lipinski definition) is 4. The molecule has 0 saturated carbocycles. The Morgan fingerprint density at radius 2 is 1.81 bits per heavy atom. The highest BCUT2D eigenvalue weighted by molar-refractivity contribution is 9.10. The monoisotopic (exact) mass is 427 g/mol. The van der Waals surface area contributed by atoms with Gasteiger partial charge in [-0.3, -0.25) is 4.79 Å². The van der Waals surface area contributed by atoms with Gasteiger partial charge in [0.25, 0.3) is 5.91 Å². The summed E-state index contributed by atoms with van der Waals surface area (Å²) in [7, 11) is 1.71. The number of carbonyl (C=O) groups excluding carboxylic acids is 1. The van der Waals surface area contributed by atoms with E-state index in [0.29, 0.717) is 17.3 Å². The highest BCUT2D eigenvalue weighted by Gasteiger charge is 2.17.